The van der Waals surface area contributed by atoms with E-state index in [0.717, 1.165) is 23.4 Å². The molecule has 0 aliphatic heterocycles. The van der Waals surface area contributed by atoms with Crippen LogP contribution in [0.4, 0.5) is 5.13 Å². The molecule has 6 nitrogen and oxygen atoms in total. The standard InChI is InChI=1S/C18H23N3O3S/c1-4-7-17-20-21-18(25-17)19-16(22)11-9-13-8-10-14(23-5-2)15(12-13)24-6-3/h8-12H,4-7H2,1-3H3,(H,19,21,22)/b11-9+. The summed E-state index contributed by atoms with van der Waals surface area (Å²) in [7, 11) is 0. The number of carbonyl (C=O) groups is 1. The van der Waals surface area contributed by atoms with Gasteiger partial charge in [0.15, 0.2) is 11.5 Å². The van der Waals surface area contributed by atoms with Crippen LogP contribution in [0.1, 0.15) is 37.8 Å². The number of hydrogen-bond donors (Lipinski definition) is 1. The predicted octanol–water partition coefficient (Wildman–Crippen LogP) is 3.94. The first kappa shape index (κ1) is 18.9. The van der Waals surface area contributed by atoms with Gasteiger partial charge in [0, 0.05) is 12.5 Å². The number of nitrogens with one attached hydrogen (secondary N) is 1. The lowest BCUT2D eigenvalue weighted by atomic mass is 10.2. The summed E-state index contributed by atoms with van der Waals surface area (Å²) in [6.07, 6.45) is 5.06. The molecule has 0 unspecified atom stereocenters. The molecule has 7 heteroatoms. The highest BCUT2D eigenvalue weighted by Gasteiger charge is 2.07. The molecule has 1 amide bonds. The van der Waals surface area contributed by atoms with Crippen LogP contribution in [-0.4, -0.2) is 29.3 Å². The first-order valence-corrected chi connectivity index (χ1v) is 9.19. The van der Waals surface area contributed by atoms with E-state index < -0.39 is 0 Å². The predicted molar refractivity (Wildman–Crippen MR) is 100 cm³/mol. The molecule has 0 aliphatic rings. The maximum atomic E-state index is 12.0. The number of carbonyl (C=O) groups excluding carboxylic acids is 1. The normalized spacial score (nSPS) is 10.8. The minimum atomic E-state index is -0.244. The quantitative estimate of drug-likeness (QED) is 0.685. The lowest BCUT2D eigenvalue weighted by Gasteiger charge is -2.11. The third-order valence-corrected chi connectivity index (χ3v) is 4.05. The van der Waals surface area contributed by atoms with Gasteiger partial charge in [-0.15, -0.1) is 10.2 Å². The number of anilines is 1. The Morgan fingerprint density at radius 3 is 2.64 bits per heavy atom. The van der Waals surface area contributed by atoms with Crippen molar-refractivity contribution in [2.24, 2.45) is 0 Å². The fourth-order valence-electron chi connectivity index (χ4n) is 2.11. The van der Waals surface area contributed by atoms with Crippen molar-refractivity contribution in [3.63, 3.8) is 0 Å². The van der Waals surface area contributed by atoms with Gasteiger partial charge in [-0.1, -0.05) is 24.3 Å². The molecule has 0 atom stereocenters. The zero-order valence-electron chi connectivity index (χ0n) is 14.7. The zero-order chi connectivity index (χ0) is 18.1. The van der Waals surface area contributed by atoms with E-state index in [1.54, 1.807) is 6.08 Å². The fourth-order valence-corrected chi connectivity index (χ4v) is 2.95. The largest absolute Gasteiger partial charge is 0.490 e. The number of ether oxygens (including phenoxy) is 2. The summed E-state index contributed by atoms with van der Waals surface area (Å²) >= 11 is 1.40. The van der Waals surface area contributed by atoms with Crippen molar-refractivity contribution in [3.05, 3.63) is 34.8 Å². The molecule has 0 saturated heterocycles. The third kappa shape index (κ3) is 5.86. The lowest BCUT2D eigenvalue weighted by Crippen LogP contribution is -2.07. The van der Waals surface area contributed by atoms with E-state index >= 15 is 0 Å². The first-order valence-electron chi connectivity index (χ1n) is 8.37. The molecule has 134 valence electrons. The van der Waals surface area contributed by atoms with Crippen LogP contribution in [0.2, 0.25) is 0 Å². The summed E-state index contributed by atoms with van der Waals surface area (Å²) < 4.78 is 11.1. The molecule has 1 N–H and O–H groups in total. The van der Waals surface area contributed by atoms with E-state index in [2.05, 4.69) is 22.4 Å². The molecular weight excluding hydrogens is 338 g/mol. The summed E-state index contributed by atoms with van der Waals surface area (Å²) in [5.74, 6) is 1.12. The molecule has 0 bridgehead atoms. The van der Waals surface area contributed by atoms with Crippen LogP contribution in [0, 0.1) is 0 Å². The Morgan fingerprint density at radius 2 is 1.92 bits per heavy atom. The van der Waals surface area contributed by atoms with Crippen LogP contribution < -0.4 is 14.8 Å². The van der Waals surface area contributed by atoms with Gasteiger partial charge in [0.2, 0.25) is 11.0 Å². The van der Waals surface area contributed by atoms with Crippen molar-refractivity contribution in [2.45, 2.75) is 33.6 Å². The van der Waals surface area contributed by atoms with Crippen LogP contribution in [-0.2, 0) is 11.2 Å². The Bertz CT molecular complexity index is 728. The second-order valence-corrected chi connectivity index (χ2v) is 6.21. The Hall–Kier alpha value is -2.41. The molecule has 0 fully saturated rings. The average molecular weight is 361 g/mol. The number of aryl methyl sites for hydroxylation is 1. The Balaban J connectivity index is 2.01. The van der Waals surface area contributed by atoms with Gasteiger partial charge in [-0.05, 0) is 44.0 Å². The molecule has 1 aromatic carbocycles. The molecule has 2 aromatic rings. The molecule has 0 saturated carbocycles. The number of hydrogen-bond acceptors (Lipinski definition) is 6. The smallest absolute Gasteiger partial charge is 0.250 e. The van der Waals surface area contributed by atoms with Crippen molar-refractivity contribution in [2.75, 3.05) is 18.5 Å². The summed E-state index contributed by atoms with van der Waals surface area (Å²) in [6.45, 7) is 7.04. The summed E-state index contributed by atoms with van der Waals surface area (Å²) in [6, 6.07) is 5.57. The monoisotopic (exact) mass is 361 g/mol. The van der Waals surface area contributed by atoms with E-state index in [0.29, 0.717) is 29.8 Å². The van der Waals surface area contributed by atoms with Crippen LogP contribution in [0.25, 0.3) is 6.08 Å². The number of nitrogens with zero attached hydrogens (tertiary/aromatic N) is 2. The van der Waals surface area contributed by atoms with Crippen molar-refractivity contribution in [1.29, 1.82) is 0 Å². The highest BCUT2D eigenvalue weighted by Crippen LogP contribution is 2.29. The van der Waals surface area contributed by atoms with Crippen LogP contribution in [0.5, 0.6) is 11.5 Å². The van der Waals surface area contributed by atoms with Crippen molar-refractivity contribution in [1.82, 2.24) is 10.2 Å². The highest BCUT2D eigenvalue weighted by atomic mass is 32.1. The van der Waals surface area contributed by atoms with Crippen LogP contribution >= 0.6 is 11.3 Å². The minimum Gasteiger partial charge on any atom is -0.490 e. The molecule has 1 heterocycles. The highest BCUT2D eigenvalue weighted by molar-refractivity contribution is 7.15. The second kappa shape index (κ2) is 9.78. The summed E-state index contributed by atoms with van der Waals surface area (Å²) in [5.41, 5.74) is 0.853. The number of benzene rings is 1. The second-order valence-electron chi connectivity index (χ2n) is 5.15. The van der Waals surface area contributed by atoms with Gasteiger partial charge < -0.3 is 9.47 Å². The molecule has 2 rings (SSSR count). The zero-order valence-corrected chi connectivity index (χ0v) is 15.6. The van der Waals surface area contributed by atoms with Crippen LogP contribution in [0.15, 0.2) is 24.3 Å². The SMILES string of the molecule is CCCc1nnc(NC(=O)/C=C/c2ccc(OCC)c(OCC)c2)s1. The maximum Gasteiger partial charge on any atom is 0.250 e. The van der Waals surface area contributed by atoms with Gasteiger partial charge in [-0.25, -0.2) is 0 Å². The molecule has 0 radical (unpaired) electrons. The van der Waals surface area contributed by atoms with Gasteiger partial charge in [-0.3, -0.25) is 10.1 Å². The molecule has 0 aliphatic carbocycles. The van der Waals surface area contributed by atoms with Crippen LogP contribution in [0.3, 0.4) is 0 Å². The molecule has 25 heavy (non-hydrogen) atoms. The van der Waals surface area contributed by atoms with E-state index in [1.165, 1.54) is 17.4 Å². The van der Waals surface area contributed by atoms with Crippen molar-refractivity contribution >= 4 is 28.5 Å². The van der Waals surface area contributed by atoms with E-state index in [9.17, 15) is 4.79 Å². The molecule has 1 aromatic heterocycles. The van der Waals surface area contributed by atoms with E-state index in [-0.39, 0.29) is 5.91 Å². The van der Waals surface area contributed by atoms with Crippen molar-refractivity contribution in [3.8, 4) is 11.5 Å². The summed E-state index contributed by atoms with van der Waals surface area (Å²) in [5, 5.41) is 12.2. The number of amides is 1. The van der Waals surface area contributed by atoms with E-state index in [4.69, 9.17) is 9.47 Å². The Labute approximate surface area is 151 Å². The van der Waals surface area contributed by atoms with Gasteiger partial charge in [-0.2, -0.15) is 0 Å². The minimum absolute atomic E-state index is 0.244. The first-order chi connectivity index (χ1) is 12.2. The number of rotatable bonds is 9. The van der Waals surface area contributed by atoms with E-state index in [1.807, 2.05) is 32.0 Å². The van der Waals surface area contributed by atoms with Gasteiger partial charge in [0.1, 0.15) is 5.01 Å². The van der Waals surface area contributed by atoms with Gasteiger partial charge in [0.05, 0.1) is 13.2 Å². The average Bonchev–Trinajstić information content (AvgIpc) is 3.03. The van der Waals surface area contributed by atoms with Gasteiger partial charge >= 0.3 is 0 Å². The fraction of sp³-hybridized carbons (Fsp3) is 0.389. The lowest BCUT2D eigenvalue weighted by molar-refractivity contribution is -0.111. The molecular formula is C18H23N3O3S. The third-order valence-electron chi connectivity index (χ3n) is 3.16. The Morgan fingerprint density at radius 1 is 1.16 bits per heavy atom. The Kier molecular flexibility index (Phi) is 7.40. The topological polar surface area (TPSA) is 73.3 Å². The van der Waals surface area contributed by atoms with Crippen molar-refractivity contribution < 1.29 is 14.3 Å². The number of aromatic nitrogens is 2. The van der Waals surface area contributed by atoms with Gasteiger partial charge in [0.25, 0.3) is 0 Å². The summed E-state index contributed by atoms with van der Waals surface area (Å²) in [4.78, 5) is 12.0. The molecule has 0 spiro atoms. The maximum absolute atomic E-state index is 12.0.